The minimum absolute atomic E-state index is 0.100. The molecule has 0 spiro atoms. The van der Waals surface area contributed by atoms with Crippen molar-refractivity contribution in [3.8, 4) is 5.75 Å². The van der Waals surface area contributed by atoms with Crippen LogP contribution in [-0.2, 0) is 4.79 Å². The summed E-state index contributed by atoms with van der Waals surface area (Å²) < 4.78 is 5.89. The molecule has 4 heteroatoms. The molecule has 1 aliphatic carbocycles. The molecule has 1 aromatic rings. The lowest BCUT2D eigenvalue weighted by Gasteiger charge is -2.25. The molecule has 0 unspecified atom stereocenters. The van der Waals surface area contributed by atoms with Crippen LogP contribution in [0.2, 0.25) is 0 Å². The third-order valence-electron chi connectivity index (χ3n) is 3.88. The van der Waals surface area contributed by atoms with Gasteiger partial charge in [0.15, 0.2) is 0 Å². The van der Waals surface area contributed by atoms with Crippen LogP contribution in [0.15, 0.2) is 24.3 Å². The van der Waals surface area contributed by atoms with Gasteiger partial charge in [-0.2, -0.15) is 0 Å². The van der Waals surface area contributed by atoms with Crippen LogP contribution in [0.4, 0.5) is 5.69 Å². The van der Waals surface area contributed by atoms with Crippen LogP contribution in [-0.4, -0.2) is 25.1 Å². The molecular weight excluding hydrogens is 240 g/mol. The lowest BCUT2D eigenvalue weighted by Crippen LogP contribution is -2.48. The molecule has 0 bridgehead atoms. The average Bonchev–Trinajstić information content (AvgIpc) is 2.82. The number of nitrogens with one attached hydrogen (secondary N) is 2. The maximum absolute atomic E-state index is 11.8. The molecule has 3 rings (SSSR count). The number of ether oxygens (including phenoxy) is 1. The summed E-state index contributed by atoms with van der Waals surface area (Å²) in [5, 5.41) is 6.03. The zero-order valence-corrected chi connectivity index (χ0v) is 11.0. The fourth-order valence-electron chi connectivity index (χ4n) is 2.53. The third-order valence-corrected chi connectivity index (χ3v) is 3.88. The highest BCUT2D eigenvalue weighted by Gasteiger charge is 2.24. The summed E-state index contributed by atoms with van der Waals surface area (Å²) in [6, 6.07) is 7.70. The fourth-order valence-corrected chi connectivity index (χ4v) is 2.53. The average molecular weight is 260 g/mol. The van der Waals surface area contributed by atoms with Crippen LogP contribution in [0.5, 0.6) is 5.75 Å². The molecule has 0 aromatic heterocycles. The first-order valence-electron chi connectivity index (χ1n) is 7.09. The van der Waals surface area contributed by atoms with Crippen LogP contribution < -0.4 is 15.4 Å². The molecule has 1 aliphatic heterocycles. The van der Waals surface area contributed by atoms with Crippen molar-refractivity contribution in [2.45, 2.75) is 31.8 Å². The number of carbonyl (C=O) groups is 1. The van der Waals surface area contributed by atoms with Gasteiger partial charge in [-0.1, -0.05) is 0 Å². The highest BCUT2D eigenvalue weighted by Crippen LogP contribution is 2.25. The second kappa shape index (κ2) is 5.61. The van der Waals surface area contributed by atoms with Gasteiger partial charge in [0.2, 0.25) is 5.91 Å². The minimum Gasteiger partial charge on any atom is -0.490 e. The maximum Gasteiger partial charge on any atom is 0.230 e. The van der Waals surface area contributed by atoms with Crippen molar-refractivity contribution in [3.05, 3.63) is 24.3 Å². The number of anilines is 1. The lowest BCUT2D eigenvalue weighted by atomic mass is 10.0. The van der Waals surface area contributed by atoms with Gasteiger partial charge < -0.3 is 15.4 Å². The summed E-state index contributed by atoms with van der Waals surface area (Å²) in [7, 11) is 0. The van der Waals surface area contributed by atoms with Crippen molar-refractivity contribution in [3.63, 3.8) is 0 Å². The zero-order chi connectivity index (χ0) is 13.1. The molecule has 102 valence electrons. The maximum atomic E-state index is 11.8. The van der Waals surface area contributed by atoms with Crippen molar-refractivity contribution in [2.75, 3.05) is 18.4 Å². The number of amides is 1. The Kier molecular flexibility index (Phi) is 3.69. The van der Waals surface area contributed by atoms with E-state index < -0.39 is 0 Å². The van der Waals surface area contributed by atoms with E-state index in [4.69, 9.17) is 4.74 Å². The standard InChI is InChI=1S/C15H20N2O2/c18-15(11-9-16-10-11)17-12-5-7-14(8-6-12)19-13-3-1-2-4-13/h5-8,11,13,16H,1-4,9-10H2,(H,17,18). The number of carbonyl (C=O) groups excluding carboxylic acids is 1. The Bertz CT molecular complexity index is 434. The van der Waals surface area contributed by atoms with Gasteiger partial charge in [-0.15, -0.1) is 0 Å². The minimum atomic E-state index is 0.100. The third kappa shape index (κ3) is 3.07. The van der Waals surface area contributed by atoms with E-state index >= 15 is 0 Å². The zero-order valence-electron chi connectivity index (χ0n) is 11.0. The summed E-state index contributed by atoms with van der Waals surface area (Å²) in [5.41, 5.74) is 0.843. The predicted octanol–water partition coefficient (Wildman–Crippen LogP) is 2.17. The van der Waals surface area contributed by atoms with Gasteiger partial charge >= 0.3 is 0 Å². The van der Waals surface area contributed by atoms with Crippen LogP contribution >= 0.6 is 0 Å². The number of benzene rings is 1. The second-order valence-electron chi connectivity index (χ2n) is 5.39. The molecule has 1 heterocycles. The summed E-state index contributed by atoms with van der Waals surface area (Å²) in [6.07, 6.45) is 5.24. The summed E-state index contributed by atoms with van der Waals surface area (Å²) in [6.45, 7) is 1.57. The van der Waals surface area contributed by atoms with Crippen LogP contribution in [0.25, 0.3) is 0 Å². The van der Waals surface area contributed by atoms with Gasteiger partial charge in [0, 0.05) is 18.8 Å². The van der Waals surface area contributed by atoms with E-state index in [1.165, 1.54) is 12.8 Å². The molecule has 0 atom stereocenters. The van der Waals surface area contributed by atoms with Crippen molar-refractivity contribution in [1.82, 2.24) is 5.32 Å². The van der Waals surface area contributed by atoms with E-state index in [1.807, 2.05) is 24.3 Å². The first kappa shape index (κ1) is 12.5. The van der Waals surface area contributed by atoms with Crippen molar-refractivity contribution in [1.29, 1.82) is 0 Å². The topological polar surface area (TPSA) is 50.4 Å². The van der Waals surface area contributed by atoms with E-state index in [0.717, 1.165) is 37.4 Å². The number of hydrogen-bond donors (Lipinski definition) is 2. The quantitative estimate of drug-likeness (QED) is 0.872. The molecule has 1 amide bonds. The van der Waals surface area contributed by atoms with Gasteiger partial charge in [0.25, 0.3) is 0 Å². The molecule has 19 heavy (non-hydrogen) atoms. The second-order valence-corrected chi connectivity index (χ2v) is 5.39. The van der Waals surface area contributed by atoms with Gasteiger partial charge in [0.05, 0.1) is 12.0 Å². The first-order chi connectivity index (χ1) is 9.31. The molecule has 1 saturated carbocycles. The number of rotatable bonds is 4. The predicted molar refractivity (Wildman–Crippen MR) is 74.3 cm³/mol. The first-order valence-corrected chi connectivity index (χ1v) is 7.09. The van der Waals surface area contributed by atoms with E-state index in [9.17, 15) is 4.79 Å². The monoisotopic (exact) mass is 260 g/mol. The fraction of sp³-hybridized carbons (Fsp3) is 0.533. The summed E-state index contributed by atoms with van der Waals surface area (Å²) >= 11 is 0. The smallest absolute Gasteiger partial charge is 0.230 e. The number of hydrogen-bond acceptors (Lipinski definition) is 3. The lowest BCUT2D eigenvalue weighted by molar-refractivity contribution is -0.121. The van der Waals surface area contributed by atoms with E-state index in [1.54, 1.807) is 0 Å². The Morgan fingerprint density at radius 1 is 1.16 bits per heavy atom. The Morgan fingerprint density at radius 3 is 2.42 bits per heavy atom. The van der Waals surface area contributed by atoms with Crippen LogP contribution in [0.3, 0.4) is 0 Å². The highest BCUT2D eigenvalue weighted by molar-refractivity contribution is 5.93. The van der Waals surface area contributed by atoms with Gasteiger partial charge in [-0.05, 0) is 49.9 Å². The highest BCUT2D eigenvalue weighted by atomic mass is 16.5. The molecule has 4 nitrogen and oxygen atoms in total. The molecule has 2 aliphatic rings. The van der Waals surface area contributed by atoms with Crippen molar-refractivity contribution in [2.24, 2.45) is 5.92 Å². The Morgan fingerprint density at radius 2 is 1.84 bits per heavy atom. The van der Waals surface area contributed by atoms with E-state index in [2.05, 4.69) is 10.6 Å². The Labute approximate surface area is 113 Å². The molecule has 1 aromatic carbocycles. The summed E-state index contributed by atoms with van der Waals surface area (Å²) in [5.74, 6) is 1.12. The normalized spacial score (nSPS) is 20.0. The Hall–Kier alpha value is -1.55. The summed E-state index contributed by atoms with van der Waals surface area (Å²) in [4.78, 5) is 11.8. The van der Waals surface area contributed by atoms with Gasteiger partial charge in [-0.25, -0.2) is 0 Å². The van der Waals surface area contributed by atoms with Crippen LogP contribution in [0, 0.1) is 5.92 Å². The van der Waals surface area contributed by atoms with E-state index in [-0.39, 0.29) is 11.8 Å². The molecule has 2 fully saturated rings. The molecular formula is C15H20N2O2. The molecule has 1 saturated heterocycles. The SMILES string of the molecule is O=C(Nc1ccc(OC2CCCC2)cc1)C1CNC1. The largest absolute Gasteiger partial charge is 0.490 e. The van der Waals surface area contributed by atoms with Crippen LogP contribution in [0.1, 0.15) is 25.7 Å². The van der Waals surface area contributed by atoms with Crippen molar-refractivity contribution < 1.29 is 9.53 Å². The molecule has 0 radical (unpaired) electrons. The van der Waals surface area contributed by atoms with Gasteiger partial charge in [-0.3, -0.25) is 4.79 Å². The van der Waals surface area contributed by atoms with Crippen molar-refractivity contribution >= 4 is 11.6 Å². The Balaban J connectivity index is 1.54. The molecule has 2 N–H and O–H groups in total. The van der Waals surface area contributed by atoms with E-state index in [0.29, 0.717) is 6.10 Å². The van der Waals surface area contributed by atoms with Gasteiger partial charge in [0.1, 0.15) is 5.75 Å².